The maximum Gasteiger partial charge on any atom is 0.248 e. The minimum absolute atomic E-state index is 0.0451. The highest BCUT2D eigenvalue weighted by Gasteiger charge is 2.33. The van der Waals surface area contributed by atoms with Crippen molar-refractivity contribution in [3.8, 4) is 0 Å². The lowest BCUT2D eigenvalue weighted by molar-refractivity contribution is -0.198. The van der Waals surface area contributed by atoms with Gasteiger partial charge in [0, 0.05) is 19.6 Å². The topological polar surface area (TPSA) is 61.9 Å². The average molecular weight is 345 g/mol. The lowest BCUT2D eigenvalue weighted by Crippen LogP contribution is -2.57. The van der Waals surface area contributed by atoms with Crippen molar-refractivity contribution in [3.63, 3.8) is 0 Å². The molecule has 0 aromatic heterocycles. The highest BCUT2D eigenvalue weighted by molar-refractivity contribution is 5.88. The molecule has 0 aliphatic carbocycles. The van der Waals surface area contributed by atoms with Gasteiger partial charge in [0.2, 0.25) is 11.8 Å². The van der Waals surface area contributed by atoms with E-state index in [1.165, 1.54) is 10.6 Å². The molecule has 136 valence electrons. The van der Waals surface area contributed by atoms with Crippen LogP contribution in [0.1, 0.15) is 31.2 Å². The van der Waals surface area contributed by atoms with Crippen LogP contribution in [0.15, 0.2) is 30.3 Å². The van der Waals surface area contributed by atoms with Gasteiger partial charge in [0.1, 0.15) is 0 Å². The van der Waals surface area contributed by atoms with E-state index in [1.54, 1.807) is 0 Å². The minimum Gasteiger partial charge on any atom is -0.353 e. The molecule has 25 heavy (non-hydrogen) atoms. The number of hydrogen-bond acceptors (Lipinski definition) is 4. The van der Waals surface area contributed by atoms with E-state index in [4.69, 9.17) is 4.84 Å². The van der Waals surface area contributed by atoms with Crippen molar-refractivity contribution in [1.29, 1.82) is 0 Å². The standard InChI is InChI=1S/C19H27N3O3/c23-18(22-12-4-5-14-25-22)15-17-19(24)20-10-13-21(17)11-6-9-16-7-2-1-3-8-16/h1-3,7-8,17H,4-6,9-15H2,(H,20,24). The van der Waals surface area contributed by atoms with E-state index in [0.717, 1.165) is 38.8 Å². The summed E-state index contributed by atoms with van der Waals surface area (Å²) in [7, 11) is 0. The number of hydrogen-bond donors (Lipinski definition) is 1. The van der Waals surface area contributed by atoms with Gasteiger partial charge in [0.15, 0.2) is 0 Å². The molecule has 2 heterocycles. The molecule has 2 aliphatic rings. The number of carbonyl (C=O) groups excluding carboxylic acids is 2. The first-order valence-electron chi connectivity index (χ1n) is 9.23. The first-order valence-corrected chi connectivity index (χ1v) is 9.23. The van der Waals surface area contributed by atoms with Crippen LogP contribution in [-0.4, -0.2) is 60.6 Å². The van der Waals surface area contributed by atoms with Gasteiger partial charge in [-0.05, 0) is 37.8 Å². The fourth-order valence-corrected chi connectivity index (χ4v) is 3.44. The number of hydroxylamine groups is 2. The van der Waals surface area contributed by atoms with Gasteiger partial charge in [-0.15, -0.1) is 0 Å². The maximum absolute atomic E-state index is 12.4. The largest absolute Gasteiger partial charge is 0.353 e. The Kier molecular flexibility index (Phi) is 6.42. The van der Waals surface area contributed by atoms with Crippen molar-refractivity contribution in [2.24, 2.45) is 0 Å². The molecule has 2 amide bonds. The Balaban J connectivity index is 1.53. The number of carbonyl (C=O) groups is 2. The monoisotopic (exact) mass is 345 g/mol. The van der Waals surface area contributed by atoms with Gasteiger partial charge in [-0.1, -0.05) is 30.3 Å². The van der Waals surface area contributed by atoms with E-state index in [2.05, 4.69) is 22.3 Å². The zero-order chi connectivity index (χ0) is 17.5. The number of nitrogens with zero attached hydrogens (tertiary/aromatic N) is 2. The number of aryl methyl sites for hydroxylation is 1. The molecule has 0 bridgehead atoms. The summed E-state index contributed by atoms with van der Waals surface area (Å²) in [6.45, 7) is 3.47. The fourth-order valence-electron chi connectivity index (χ4n) is 3.44. The molecule has 0 saturated carbocycles. The smallest absolute Gasteiger partial charge is 0.248 e. The lowest BCUT2D eigenvalue weighted by atomic mass is 10.1. The van der Waals surface area contributed by atoms with Crippen molar-refractivity contribution >= 4 is 11.8 Å². The molecule has 1 aromatic carbocycles. The number of amides is 2. The Morgan fingerprint density at radius 1 is 1.20 bits per heavy atom. The summed E-state index contributed by atoms with van der Waals surface area (Å²) in [5.41, 5.74) is 1.30. The highest BCUT2D eigenvalue weighted by atomic mass is 16.7. The first kappa shape index (κ1) is 17.9. The second-order valence-corrected chi connectivity index (χ2v) is 6.67. The normalized spacial score (nSPS) is 21.8. The third-order valence-electron chi connectivity index (χ3n) is 4.84. The van der Waals surface area contributed by atoms with Gasteiger partial charge in [0.05, 0.1) is 19.1 Å². The summed E-state index contributed by atoms with van der Waals surface area (Å²) in [4.78, 5) is 32.3. The van der Waals surface area contributed by atoms with Crippen LogP contribution in [0.5, 0.6) is 0 Å². The van der Waals surface area contributed by atoms with Crippen LogP contribution in [0, 0.1) is 0 Å². The predicted molar refractivity (Wildman–Crippen MR) is 94.6 cm³/mol. The molecular formula is C19H27N3O3. The fraction of sp³-hybridized carbons (Fsp3) is 0.579. The summed E-state index contributed by atoms with van der Waals surface area (Å²) in [5, 5.41) is 4.32. The summed E-state index contributed by atoms with van der Waals surface area (Å²) in [6.07, 6.45) is 4.09. The number of nitrogens with one attached hydrogen (secondary N) is 1. The van der Waals surface area contributed by atoms with E-state index in [0.29, 0.717) is 19.7 Å². The average Bonchev–Trinajstić information content (AvgIpc) is 2.66. The molecule has 6 heteroatoms. The molecule has 6 nitrogen and oxygen atoms in total. The summed E-state index contributed by atoms with van der Waals surface area (Å²) >= 11 is 0. The predicted octanol–water partition coefficient (Wildman–Crippen LogP) is 1.36. The van der Waals surface area contributed by atoms with Crippen LogP contribution in [0.2, 0.25) is 0 Å². The van der Waals surface area contributed by atoms with Gasteiger partial charge in [-0.3, -0.25) is 19.3 Å². The van der Waals surface area contributed by atoms with Crippen molar-refractivity contribution in [2.45, 2.75) is 38.1 Å². The molecule has 3 rings (SSSR count). The Labute approximate surface area is 149 Å². The molecule has 1 aromatic rings. The van der Waals surface area contributed by atoms with Gasteiger partial charge in [-0.2, -0.15) is 0 Å². The maximum atomic E-state index is 12.4. The molecule has 0 spiro atoms. The molecule has 2 aliphatic heterocycles. The summed E-state index contributed by atoms with van der Waals surface area (Å²) in [6, 6.07) is 9.97. The van der Waals surface area contributed by atoms with Crippen LogP contribution in [-0.2, 0) is 20.8 Å². The van der Waals surface area contributed by atoms with Crippen LogP contribution in [0.4, 0.5) is 0 Å². The third-order valence-corrected chi connectivity index (χ3v) is 4.84. The van der Waals surface area contributed by atoms with E-state index in [-0.39, 0.29) is 24.3 Å². The zero-order valence-electron chi connectivity index (χ0n) is 14.7. The Bertz CT molecular complexity index is 573. The van der Waals surface area contributed by atoms with Crippen molar-refractivity contribution in [2.75, 3.05) is 32.8 Å². The number of piperazine rings is 1. The summed E-state index contributed by atoms with van der Waals surface area (Å²) < 4.78 is 0. The zero-order valence-corrected chi connectivity index (χ0v) is 14.7. The molecule has 1 unspecified atom stereocenters. The Hall–Kier alpha value is -1.92. The highest BCUT2D eigenvalue weighted by Crippen LogP contribution is 2.15. The van der Waals surface area contributed by atoms with Crippen LogP contribution in [0.25, 0.3) is 0 Å². The molecule has 2 saturated heterocycles. The van der Waals surface area contributed by atoms with E-state index >= 15 is 0 Å². The van der Waals surface area contributed by atoms with E-state index in [9.17, 15) is 9.59 Å². The quantitative estimate of drug-likeness (QED) is 0.846. The van der Waals surface area contributed by atoms with Gasteiger partial charge < -0.3 is 5.32 Å². The van der Waals surface area contributed by atoms with Crippen molar-refractivity contribution in [1.82, 2.24) is 15.3 Å². The first-order chi connectivity index (χ1) is 12.2. The van der Waals surface area contributed by atoms with Crippen molar-refractivity contribution in [3.05, 3.63) is 35.9 Å². The van der Waals surface area contributed by atoms with Gasteiger partial charge in [0.25, 0.3) is 0 Å². The third kappa shape index (κ3) is 5.03. The SMILES string of the molecule is O=C1NCCN(CCCc2ccccc2)C1CC(=O)N1CCCCO1. The molecular weight excluding hydrogens is 318 g/mol. The molecule has 1 N–H and O–H groups in total. The van der Waals surface area contributed by atoms with Crippen LogP contribution < -0.4 is 5.32 Å². The van der Waals surface area contributed by atoms with E-state index < -0.39 is 0 Å². The van der Waals surface area contributed by atoms with Crippen LogP contribution >= 0.6 is 0 Å². The number of benzene rings is 1. The van der Waals surface area contributed by atoms with Gasteiger partial charge in [-0.25, -0.2) is 5.06 Å². The Morgan fingerprint density at radius 2 is 2.04 bits per heavy atom. The summed E-state index contributed by atoms with van der Waals surface area (Å²) in [5.74, 6) is -0.133. The lowest BCUT2D eigenvalue weighted by Gasteiger charge is -2.36. The Morgan fingerprint density at radius 3 is 2.80 bits per heavy atom. The van der Waals surface area contributed by atoms with Crippen LogP contribution in [0.3, 0.4) is 0 Å². The second kappa shape index (κ2) is 8.97. The van der Waals surface area contributed by atoms with Crippen molar-refractivity contribution < 1.29 is 14.4 Å². The van der Waals surface area contributed by atoms with Gasteiger partial charge >= 0.3 is 0 Å². The van der Waals surface area contributed by atoms with E-state index in [1.807, 2.05) is 18.2 Å². The second-order valence-electron chi connectivity index (χ2n) is 6.67. The molecule has 2 fully saturated rings. The molecule has 0 radical (unpaired) electrons. The molecule has 1 atom stereocenters. The number of rotatable bonds is 6. The minimum atomic E-state index is -0.387.